The molecule has 25 heavy (non-hydrogen) atoms. The van der Waals surface area contributed by atoms with E-state index < -0.39 is 0 Å². The Balaban J connectivity index is 0.000000173. The average molecular weight is 510 g/mol. The summed E-state index contributed by atoms with van der Waals surface area (Å²) in [4.78, 5) is 8.26. The largest absolute Gasteiger partial charge is 0.631 e. The normalized spacial score (nSPS) is 9.68. The molecule has 4 aromatic heterocycles. The SMILES string of the molecule is Cc1cc(-c2[c-]cccn2)[n-]n1.Cc1cc(-c2ccccn2)[n-]n1.[Pt]. The molecule has 0 amide bonds. The van der Waals surface area contributed by atoms with Crippen LogP contribution in [0.2, 0.25) is 0 Å². The van der Waals surface area contributed by atoms with E-state index in [0.717, 1.165) is 34.2 Å². The van der Waals surface area contributed by atoms with Gasteiger partial charge in [0.05, 0.1) is 0 Å². The molecule has 0 radical (unpaired) electrons. The van der Waals surface area contributed by atoms with Crippen LogP contribution >= 0.6 is 0 Å². The number of aryl methyl sites for hydroxylation is 2. The first-order valence-corrected chi connectivity index (χ1v) is 7.41. The fourth-order valence-corrected chi connectivity index (χ4v) is 2.00. The van der Waals surface area contributed by atoms with Crippen LogP contribution < -0.4 is 10.2 Å². The summed E-state index contributed by atoms with van der Waals surface area (Å²) in [6, 6.07) is 16.2. The summed E-state index contributed by atoms with van der Waals surface area (Å²) in [6.45, 7) is 3.82. The molecule has 0 fully saturated rings. The Labute approximate surface area is 160 Å². The van der Waals surface area contributed by atoms with E-state index in [1.807, 2.05) is 56.3 Å². The van der Waals surface area contributed by atoms with Crippen molar-refractivity contribution in [2.75, 3.05) is 0 Å². The Kier molecular flexibility index (Phi) is 6.78. The average Bonchev–Trinajstić information content (AvgIpc) is 3.26. The third-order valence-corrected chi connectivity index (χ3v) is 3.10. The van der Waals surface area contributed by atoms with Gasteiger partial charge in [0.2, 0.25) is 0 Å². The van der Waals surface area contributed by atoms with Gasteiger partial charge in [-0.2, -0.15) is 12.1 Å². The van der Waals surface area contributed by atoms with Crippen molar-refractivity contribution in [2.24, 2.45) is 0 Å². The zero-order valence-electron chi connectivity index (χ0n) is 13.7. The summed E-state index contributed by atoms with van der Waals surface area (Å²) in [5.41, 5.74) is 5.08. The van der Waals surface area contributed by atoms with Crippen LogP contribution in [0.5, 0.6) is 0 Å². The van der Waals surface area contributed by atoms with Crippen LogP contribution in [0.15, 0.2) is 54.9 Å². The second-order valence-corrected chi connectivity index (χ2v) is 5.09. The van der Waals surface area contributed by atoms with Gasteiger partial charge >= 0.3 is 0 Å². The molecule has 0 aliphatic rings. The smallest absolute Gasteiger partial charge is 0.0494 e. The number of aromatic nitrogens is 6. The van der Waals surface area contributed by atoms with E-state index in [2.05, 4.69) is 36.4 Å². The minimum absolute atomic E-state index is 0. The third kappa shape index (κ3) is 5.19. The van der Waals surface area contributed by atoms with Gasteiger partial charge in [0.1, 0.15) is 0 Å². The van der Waals surface area contributed by atoms with Crippen molar-refractivity contribution in [3.63, 3.8) is 0 Å². The topological polar surface area (TPSA) is 79.8 Å². The third-order valence-electron chi connectivity index (χ3n) is 3.10. The molecule has 6 nitrogen and oxygen atoms in total. The van der Waals surface area contributed by atoms with Gasteiger partial charge in [0.25, 0.3) is 0 Å². The van der Waals surface area contributed by atoms with Gasteiger partial charge in [0.15, 0.2) is 0 Å². The van der Waals surface area contributed by atoms with Crippen LogP contribution in [-0.4, -0.2) is 20.2 Å². The standard InChI is InChI=1S/C9H8N3.C9H7N3.Pt/c2*1-7-6-9(12-11-7)8-4-2-3-5-10-8;/h2-6H,1H3;2-3,5-6H,1H3;/q-1;-2;. The van der Waals surface area contributed by atoms with Gasteiger partial charge in [0, 0.05) is 44.3 Å². The van der Waals surface area contributed by atoms with Crippen molar-refractivity contribution >= 4 is 0 Å². The zero-order valence-corrected chi connectivity index (χ0v) is 16.0. The molecular weight excluding hydrogens is 495 g/mol. The van der Waals surface area contributed by atoms with Gasteiger partial charge in [-0.1, -0.05) is 23.5 Å². The first-order valence-electron chi connectivity index (χ1n) is 7.41. The van der Waals surface area contributed by atoms with Gasteiger partial charge in [-0.25, -0.2) is 5.69 Å². The maximum Gasteiger partial charge on any atom is 0.0494 e. The minimum atomic E-state index is 0. The number of rotatable bonds is 2. The minimum Gasteiger partial charge on any atom is -0.631 e. The summed E-state index contributed by atoms with van der Waals surface area (Å²) >= 11 is 0. The van der Waals surface area contributed by atoms with Gasteiger partial charge < -0.3 is 20.4 Å². The van der Waals surface area contributed by atoms with Gasteiger partial charge in [-0.3, -0.25) is 9.97 Å². The predicted molar refractivity (Wildman–Crippen MR) is 89.9 cm³/mol. The summed E-state index contributed by atoms with van der Waals surface area (Å²) in [5, 5.41) is 15.7. The molecule has 0 N–H and O–H groups in total. The second kappa shape index (κ2) is 9.04. The molecule has 0 spiro atoms. The molecule has 0 unspecified atom stereocenters. The summed E-state index contributed by atoms with van der Waals surface area (Å²) < 4.78 is 0. The molecule has 7 heteroatoms. The molecular formula is C18H15N6Pt-3. The molecule has 0 aromatic carbocycles. The molecule has 4 rings (SSSR count). The van der Waals surface area contributed by atoms with E-state index in [1.165, 1.54) is 0 Å². The van der Waals surface area contributed by atoms with Crippen LogP contribution in [0.25, 0.3) is 22.8 Å². The molecule has 0 aliphatic carbocycles. The molecule has 4 aromatic rings. The van der Waals surface area contributed by atoms with E-state index in [1.54, 1.807) is 12.4 Å². The molecule has 130 valence electrons. The Morgan fingerprint density at radius 2 is 1.52 bits per heavy atom. The predicted octanol–water partition coefficient (Wildman–Crippen LogP) is 2.62. The summed E-state index contributed by atoms with van der Waals surface area (Å²) in [7, 11) is 0. The number of hydrogen-bond donors (Lipinski definition) is 0. The Bertz CT molecular complexity index is 810. The zero-order chi connectivity index (χ0) is 16.8. The van der Waals surface area contributed by atoms with Crippen LogP contribution in [0.3, 0.4) is 0 Å². The Hall–Kier alpha value is -2.59. The second-order valence-electron chi connectivity index (χ2n) is 5.09. The number of hydrogen-bond acceptors (Lipinski definition) is 4. The van der Waals surface area contributed by atoms with E-state index >= 15 is 0 Å². The molecule has 0 saturated carbocycles. The van der Waals surface area contributed by atoms with Gasteiger partial charge in [-0.15, -0.1) is 12.1 Å². The maximum absolute atomic E-state index is 4.16. The fraction of sp³-hybridized carbons (Fsp3) is 0.111. The first-order chi connectivity index (χ1) is 11.7. The molecule has 0 bridgehead atoms. The first kappa shape index (κ1) is 18.7. The van der Waals surface area contributed by atoms with Gasteiger partial charge in [-0.05, 0) is 32.2 Å². The van der Waals surface area contributed by atoms with Crippen LogP contribution in [0.4, 0.5) is 0 Å². The molecule has 4 heterocycles. The quantitative estimate of drug-likeness (QED) is 0.386. The van der Waals surface area contributed by atoms with Crippen molar-refractivity contribution in [1.29, 1.82) is 0 Å². The van der Waals surface area contributed by atoms with E-state index in [0.29, 0.717) is 0 Å². The number of nitrogens with zero attached hydrogens (tertiary/aromatic N) is 6. The van der Waals surface area contributed by atoms with Crippen LogP contribution in [-0.2, 0) is 21.1 Å². The Morgan fingerprint density at radius 3 is 2.04 bits per heavy atom. The Morgan fingerprint density at radius 1 is 0.840 bits per heavy atom. The van der Waals surface area contributed by atoms with E-state index in [-0.39, 0.29) is 21.1 Å². The van der Waals surface area contributed by atoms with Crippen molar-refractivity contribution in [3.8, 4) is 22.8 Å². The van der Waals surface area contributed by atoms with Crippen LogP contribution in [0.1, 0.15) is 11.4 Å². The molecule has 0 saturated heterocycles. The number of pyridine rings is 2. The van der Waals surface area contributed by atoms with E-state index in [9.17, 15) is 0 Å². The fourth-order valence-electron chi connectivity index (χ4n) is 2.00. The summed E-state index contributed by atoms with van der Waals surface area (Å²) in [5.74, 6) is 0. The monoisotopic (exact) mass is 510 g/mol. The summed E-state index contributed by atoms with van der Waals surface area (Å²) in [6.07, 6.45) is 3.47. The van der Waals surface area contributed by atoms with Crippen molar-refractivity contribution in [2.45, 2.75) is 13.8 Å². The van der Waals surface area contributed by atoms with Crippen molar-refractivity contribution in [1.82, 2.24) is 30.4 Å². The molecule has 0 atom stereocenters. The van der Waals surface area contributed by atoms with E-state index in [4.69, 9.17) is 0 Å². The van der Waals surface area contributed by atoms with Crippen molar-refractivity contribution in [3.05, 3.63) is 72.3 Å². The maximum atomic E-state index is 4.16. The van der Waals surface area contributed by atoms with Crippen LogP contribution in [0, 0.1) is 19.9 Å². The van der Waals surface area contributed by atoms with Crippen molar-refractivity contribution < 1.29 is 21.1 Å². The molecule has 0 aliphatic heterocycles.